The fraction of sp³-hybridized carbons (Fsp3) is 0.0476. The van der Waals surface area contributed by atoms with Crippen molar-refractivity contribution in [2.24, 2.45) is 0 Å². The van der Waals surface area contributed by atoms with Crippen LogP contribution in [0.15, 0.2) is 78.9 Å². The molecule has 2 N–H and O–H groups in total. The summed E-state index contributed by atoms with van der Waals surface area (Å²) >= 11 is 0. The zero-order valence-electron chi connectivity index (χ0n) is 14.2. The van der Waals surface area contributed by atoms with Gasteiger partial charge in [0.25, 0.3) is 5.91 Å². The molecule has 3 aromatic carbocycles. The Morgan fingerprint density at radius 2 is 1.23 bits per heavy atom. The van der Waals surface area contributed by atoms with Gasteiger partial charge in [0.15, 0.2) is 0 Å². The maximum Gasteiger partial charge on any atom is 0.338 e. The number of para-hydroxylation sites is 1. The van der Waals surface area contributed by atoms with Crippen molar-refractivity contribution in [1.82, 2.24) is 0 Å². The van der Waals surface area contributed by atoms with Crippen molar-refractivity contribution in [1.29, 1.82) is 0 Å². The van der Waals surface area contributed by atoms with Gasteiger partial charge in [-0.25, -0.2) is 4.79 Å². The highest BCUT2D eigenvalue weighted by atomic mass is 16.5. The number of carbonyl (C=O) groups excluding carboxylic acids is 2. The number of amides is 1. The van der Waals surface area contributed by atoms with Gasteiger partial charge in [0.2, 0.25) is 0 Å². The summed E-state index contributed by atoms with van der Waals surface area (Å²) in [5.41, 5.74) is 3.02. The Hall–Kier alpha value is -3.60. The van der Waals surface area contributed by atoms with Crippen molar-refractivity contribution in [3.8, 4) is 0 Å². The van der Waals surface area contributed by atoms with E-state index in [0.29, 0.717) is 5.69 Å². The second-order valence-electron chi connectivity index (χ2n) is 5.56. The summed E-state index contributed by atoms with van der Waals surface area (Å²) < 4.78 is 4.72. The lowest BCUT2D eigenvalue weighted by atomic mass is 10.1. The van der Waals surface area contributed by atoms with Gasteiger partial charge in [-0.1, -0.05) is 30.3 Å². The lowest BCUT2D eigenvalue weighted by Gasteiger charge is -2.10. The third kappa shape index (κ3) is 4.08. The molecule has 0 aliphatic heterocycles. The lowest BCUT2D eigenvalue weighted by molar-refractivity contribution is 0.0597. The topological polar surface area (TPSA) is 67.4 Å². The minimum Gasteiger partial charge on any atom is -0.465 e. The SMILES string of the molecule is COC(=O)c1ccccc1C(=O)Nc1ccc(Nc2ccccc2)cc1. The minimum absolute atomic E-state index is 0.231. The van der Waals surface area contributed by atoms with Crippen LogP contribution in [-0.4, -0.2) is 19.0 Å². The van der Waals surface area contributed by atoms with E-state index in [4.69, 9.17) is 4.74 Å². The molecule has 0 unspecified atom stereocenters. The molecule has 0 heterocycles. The fourth-order valence-electron chi connectivity index (χ4n) is 2.49. The van der Waals surface area contributed by atoms with Crippen LogP contribution in [0.2, 0.25) is 0 Å². The molecule has 0 atom stereocenters. The predicted octanol–water partition coefficient (Wildman–Crippen LogP) is 4.47. The number of rotatable bonds is 5. The molecule has 130 valence electrons. The first-order chi connectivity index (χ1) is 12.7. The third-order valence-corrected chi connectivity index (χ3v) is 3.78. The molecule has 0 radical (unpaired) electrons. The van der Waals surface area contributed by atoms with Crippen molar-refractivity contribution in [3.63, 3.8) is 0 Å². The number of methoxy groups -OCH3 is 1. The number of ether oxygens (including phenoxy) is 1. The molecular weight excluding hydrogens is 328 g/mol. The molecule has 0 saturated heterocycles. The zero-order valence-corrected chi connectivity index (χ0v) is 14.2. The number of carbonyl (C=O) groups is 2. The second kappa shape index (κ2) is 7.98. The van der Waals surface area contributed by atoms with Crippen LogP contribution < -0.4 is 10.6 Å². The Bertz CT molecular complexity index is 906. The first kappa shape index (κ1) is 17.2. The van der Waals surface area contributed by atoms with Crippen LogP contribution in [0.25, 0.3) is 0 Å². The Morgan fingerprint density at radius 3 is 1.88 bits per heavy atom. The lowest BCUT2D eigenvalue weighted by Crippen LogP contribution is -2.17. The molecule has 0 bridgehead atoms. The molecule has 3 aromatic rings. The minimum atomic E-state index is -0.543. The average molecular weight is 346 g/mol. The number of esters is 1. The summed E-state index contributed by atoms with van der Waals surface area (Å²) in [5.74, 6) is -0.909. The average Bonchev–Trinajstić information content (AvgIpc) is 2.69. The van der Waals surface area contributed by atoms with Crippen LogP contribution in [0, 0.1) is 0 Å². The Labute approximate surface area is 151 Å². The zero-order chi connectivity index (χ0) is 18.4. The fourth-order valence-corrected chi connectivity index (χ4v) is 2.49. The van der Waals surface area contributed by atoms with Gasteiger partial charge in [0.1, 0.15) is 0 Å². The Morgan fingerprint density at radius 1 is 0.692 bits per heavy atom. The van der Waals surface area contributed by atoms with E-state index in [1.807, 2.05) is 42.5 Å². The van der Waals surface area contributed by atoms with Gasteiger partial charge in [-0.3, -0.25) is 4.79 Å². The van der Waals surface area contributed by atoms with E-state index in [-0.39, 0.29) is 17.0 Å². The normalized spacial score (nSPS) is 10.0. The molecule has 0 saturated carbocycles. The van der Waals surface area contributed by atoms with Crippen LogP contribution >= 0.6 is 0 Å². The maximum atomic E-state index is 12.5. The molecule has 5 nitrogen and oxygen atoms in total. The van der Waals surface area contributed by atoms with Crippen molar-refractivity contribution in [2.75, 3.05) is 17.7 Å². The van der Waals surface area contributed by atoms with Gasteiger partial charge in [-0.15, -0.1) is 0 Å². The molecule has 0 aliphatic carbocycles. The van der Waals surface area contributed by atoms with Crippen LogP contribution in [0.4, 0.5) is 17.1 Å². The highest BCUT2D eigenvalue weighted by molar-refractivity contribution is 6.11. The van der Waals surface area contributed by atoms with E-state index >= 15 is 0 Å². The Balaban J connectivity index is 1.72. The van der Waals surface area contributed by atoms with Gasteiger partial charge in [0, 0.05) is 17.1 Å². The molecule has 3 rings (SSSR count). The van der Waals surface area contributed by atoms with Crippen molar-refractivity contribution < 1.29 is 14.3 Å². The maximum absolute atomic E-state index is 12.5. The number of hydrogen-bond donors (Lipinski definition) is 2. The van der Waals surface area contributed by atoms with Crippen molar-refractivity contribution in [2.45, 2.75) is 0 Å². The van der Waals surface area contributed by atoms with E-state index in [1.165, 1.54) is 7.11 Å². The summed E-state index contributed by atoms with van der Waals surface area (Å²) in [6.45, 7) is 0. The van der Waals surface area contributed by atoms with Gasteiger partial charge >= 0.3 is 5.97 Å². The van der Waals surface area contributed by atoms with Gasteiger partial charge < -0.3 is 15.4 Å². The molecule has 0 spiro atoms. The highest BCUT2D eigenvalue weighted by Crippen LogP contribution is 2.20. The smallest absolute Gasteiger partial charge is 0.338 e. The van der Waals surface area contributed by atoms with Gasteiger partial charge in [0.05, 0.1) is 18.2 Å². The molecule has 1 amide bonds. The van der Waals surface area contributed by atoms with Crippen molar-refractivity contribution >= 4 is 28.9 Å². The summed E-state index contributed by atoms with van der Waals surface area (Å²) in [6.07, 6.45) is 0. The standard InChI is InChI=1S/C21H18N2O3/c1-26-21(25)19-10-6-5-9-18(19)20(24)23-17-13-11-16(12-14-17)22-15-7-3-2-4-8-15/h2-14,22H,1H3,(H,23,24). The van der Waals surface area contributed by atoms with Crippen molar-refractivity contribution in [3.05, 3.63) is 90.0 Å². The van der Waals surface area contributed by atoms with E-state index in [9.17, 15) is 9.59 Å². The van der Waals surface area contributed by atoms with E-state index in [1.54, 1.807) is 36.4 Å². The van der Waals surface area contributed by atoms with Crippen LogP contribution in [0.1, 0.15) is 20.7 Å². The second-order valence-corrected chi connectivity index (χ2v) is 5.56. The molecule has 0 fully saturated rings. The summed E-state index contributed by atoms with van der Waals surface area (Å²) in [6, 6.07) is 23.7. The molecular formula is C21H18N2O3. The van der Waals surface area contributed by atoms with E-state index in [2.05, 4.69) is 10.6 Å². The molecule has 0 aromatic heterocycles. The first-order valence-corrected chi connectivity index (χ1v) is 8.08. The monoisotopic (exact) mass is 346 g/mol. The number of hydrogen-bond acceptors (Lipinski definition) is 4. The summed E-state index contributed by atoms with van der Waals surface area (Å²) in [5, 5.41) is 6.07. The number of anilines is 3. The van der Waals surface area contributed by atoms with E-state index < -0.39 is 5.97 Å². The Kier molecular flexibility index (Phi) is 5.29. The van der Waals surface area contributed by atoms with Gasteiger partial charge in [-0.05, 0) is 48.5 Å². The summed E-state index contributed by atoms with van der Waals surface area (Å²) in [7, 11) is 1.29. The molecule has 26 heavy (non-hydrogen) atoms. The van der Waals surface area contributed by atoms with Gasteiger partial charge in [-0.2, -0.15) is 0 Å². The third-order valence-electron chi connectivity index (χ3n) is 3.78. The molecule has 5 heteroatoms. The first-order valence-electron chi connectivity index (χ1n) is 8.08. The number of benzene rings is 3. The van der Waals surface area contributed by atoms with Crippen LogP contribution in [-0.2, 0) is 4.74 Å². The van der Waals surface area contributed by atoms with Crippen LogP contribution in [0.5, 0.6) is 0 Å². The van der Waals surface area contributed by atoms with Crippen LogP contribution in [0.3, 0.4) is 0 Å². The quantitative estimate of drug-likeness (QED) is 0.669. The van der Waals surface area contributed by atoms with E-state index in [0.717, 1.165) is 11.4 Å². The largest absolute Gasteiger partial charge is 0.465 e. The predicted molar refractivity (Wildman–Crippen MR) is 102 cm³/mol. The summed E-state index contributed by atoms with van der Waals surface area (Å²) in [4.78, 5) is 24.3. The number of nitrogens with one attached hydrogen (secondary N) is 2. The molecule has 0 aliphatic rings. The highest BCUT2D eigenvalue weighted by Gasteiger charge is 2.17.